The van der Waals surface area contributed by atoms with Gasteiger partial charge in [0.05, 0.1) is 0 Å². The molecule has 0 spiro atoms. The summed E-state index contributed by atoms with van der Waals surface area (Å²) in [5.41, 5.74) is 7.57. The highest BCUT2D eigenvalue weighted by Crippen LogP contribution is 2.05. The summed E-state index contributed by atoms with van der Waals surface area (Å²) >= 11 is 0. The summed E-state index contributed by atoms with van der Waals surface area (Å²) in [5, 5.41) is 0. The van der Waals surface area contributed by atoms with Gasteiger partial charge in [-0.1, -0.05) is 29.8 Å². The van der Waals surface area contributed by atoms with Gasteiger partial charge in [0.1, 0.15) is 5.78 Å². The Hall–Kier alpha value is -1.15. The van der Waals surface area contributed by atoms with Crippen LogP contribution in [0.15, 0.2) is 24.3 Å². The largest absolute Gasteiger partial charge is 0.330 e. The SMILES string of the molecule is Cc1cccc(CC(=O)CCN)c1. The fraction of sp³-hybridized carbons (Fsp3) is 0.364. The highest BCUT2D eigenvalue weighted by atomic mass is 16.1. The summed E-state index contributed by atoms with van der Waals surface area (Å²) < 4.78 is 0. The quantitative estimate of drug-likeness (QED) is 0.756. The number of hydrogen-bond donors (Lipinski definition) is 1. The van der Waals surface area contributed by atoms with Crippen LogP contribution in [0, 0.1) is 6.92 Å². The van der Waals surface area contributed by atoms with Crippen LogP contribution in [-0.4, -0.2) is 12.3 Å². The van der Waals surface area contributed by atoms with Crippen LogP contribution in [0.3, 0.4) is 0 Å². The maximum absolute atomic E-state index is 11.2. The van der Waals surface area contributed by atoms with Gasteiger partial charge in [0.2, 0.25) is 0 Å². The van der Waals surface area contributed by atoms with Gasteiger partial charge in [-0.3, -0.25) is 4.79 Å². The van der Waals surface area contributed by atoms with E-state index in [1.54, 1.807) is 0 Å². The lowest BCUT2D eigenvalue weighted by Crippen LogP contribution is -2.10. The van der Waals surface area contributed by atoms with Crippen molar-refractivity contribution in [3.8, 4) is 0 Å². The predicted molar refractivity (Wildman–Crippen MR) is 53.6 cm³/mol. The second kappa shape index (κ2) is 4.77. The second-order valence-corrected chi connectivity index (χ2v) is 3.24. The molecule has 1 aromatic rings. The first-order chi connectivity index (χ1) is 6.22. The van der Waals surface area contributed by atoms with Crippen LogP contribution >= 0.6 is 0 Å². The van der Waals surface area contributed by atoms with Crippen LogP contribution in [0.5, 0.6) is 0 Å². The molecule has 0 saturated heterocycles. The molecule has 0 bridgehead atoms. The molecule has 13 heavy (non-hydrogen) atoms. The average Bonchev–Trinajstić information content (AvgIpc) is 2.04. The van der Waals surface area contributed by atoms with Crippen molar-refractivity contribution in [2.24, 2.45) is 5.73 Å². The van der Waals surface area contributed by atoms with Gasteiger partial charge < -0.3 is 5.73 Å². The third-order valence-corrected chi connectivity index (χ3v) is 1.91. The number of aryl methyl sites for hydroxylation is 1. The van der Waals surface area contributed by atoms with Gasteiger partial charge in [-0.15, -0.1) is 0 Å². The molecule has 0 radical (unpaired) electrons. The van der Waals surface area contributed by atoms with E-state index in [0.29, 0.717) is 19.4 Å². The second-order valence-electron chi connectivity index (χ2n) is 3.24. The molecule has 0 aromatic heterocycles. The van der Waals surface area contributed by atoms with E-state index in [0.717, 1.165) is 5.56 Å². The summed E-state index contributed by atoms with van der Waals surface area (Å²) in [7, 11) is 0. The molecule has 0 aliphatic rings. The molecule has 70 valence electrons. The maximum Gasteiger partial charge on any atom is 0.138 e. The van der Waals surface area contributed by atoms with Crippen LogP contribution in [-0.2, 0) is 11.2 Å². The van der Waals surface area contributed by atoms with Gasteiger partial charge in [0.25, 0.3) is 0 Å². The first-order valence-corrected chi connectivity index (χ1v) is 4.49. The third-order valence-electron chi connectivity index (χ3n) is 1.91. The van der Waals surface area contributed by atoms with Crippen LogP contribution in [0.4, 0.5) is 0 Å². The predicted octanol–water partition coefficient (Wildman–Crippen LogP) is 1.46. The Morgan fingerprint density at radius 2 is 2.23 bits per heavy atom. The first-order valence-electron chi connectivity index (χ1n) is 4.49. The van der Waals surface area contributed by atoms with E-state index in [1.807, 2.05) is 31.2 Å². The van der Waals surface area contributed by atoms with Gasteiger partial charge in [-0.2, -0.15) is 0 Å². The molecule has 0 aliphatic heterocycles. The lowest BCUT2D eigenvalue weighted by molar-refractivity contribution is -0.118. The molecule has 0 amide bonds. The summed E-state index contributed by atoms with van der Waals surface area (Å²) in [6.45, 7) is 2.47. The number of nitrogens with two attached hydrogens (primary N) is 1. The van der Waals surface area contributed by atoms with E-state index in [2.05, 4.69) is 0 Å². The van der Waals surface area contributed by atoms with Gasteiger partial charge in [0, 0.05) is 12.8 Å². The summed E-state index contributed by atoms with van der Waals surface area (Å²) in [6.07, 6.45) is 0.993. The Labute approximate surface area is 78.8 Å². The van der Waals surface area contributed by atoms with Gasteiger partial charge in [-0.05, 0) is 19.0 Å². The van der Waals surface area contributed by atoms with Crippen molar-refractivity contribution in [2.45, 2.75) is 19.8 Å². The number of Topliss-reactive ketones (excluding diaryl/α,β-unsaturated/α-hetero) is 1. The fourth-order valence-electron chi connectivity index (χ4n) is 1.30. The zero-order valence-electron chi connectivity index (χ0n) is 7.92. The lowest BCUT2D eigenvalue weighted by atomic mass is 10.1. The molecule has 1 aromatic carbocycles. The molecule has 1 rings (SSSR count). The van der Waals surface area contributed by atoms with E-state index >= 15 is 0 Å². The minimum atomic E-state index is 0.216. The van der Waals surface area contributed by atoms with Crippen LogP contribution < -0.4 is 5.73 Å². The minimum Gasteiger partial charge on any atom is -0.330 e. The minimum absolute atomic E-state index is 0.216. The molecule has 2 nitrogen and oxygen atoms in total. The Balaban J connectivity index is 2.58. The van der Waals surface area contributed by atoms with Gasteiger partial charge in [-0.25, -0.2) is 0 Å². The smallest absolute Gasteiger partial charge is 0.138 e. The Morgan fingerprint density at radius 3 is 2.85 bits per heavy atom. The Kier molecular flexibility index (Phi) is 3.65. The maximum atomic E-state index is 11.2. The highest BCUT2D eigenvalue weighted by Gasteiger charge is 2.01. The van der Waals surface area contributed by atoms with E-state index in [1.165, 1.54) is 5.56 Å². The normalized spacial score (nSPS) is 10.0. The molecule has 0 heterocycles. The number of carbonyl (C=O) groups excluding carboxylic acids is 1. The zero-order chi connectivity index (χ0) is 9.68. The Morgan fingerprint density at radius 1 is 1.46 bits per heavy atom. The van der Waals surface area contributed by atoms with E-state index < -0.39 is 0 Å². The number of benzene rings is 1. The van der Waals surface area contributed by atoms with E-state index in [9.17, 15) is 4.79 Å². The van der Waals surface area contributed by atoms with Crippen molar-refractivity contribution in [2.75, 3.05) is 6.54 Å². The van der Waals surface area contributed by atoms with Crippen molar-refractivity contribution in [3.63, 3.8) is 0 Å². The molecule has 2 N–H and O–H groups in total. The highest BCUT2D eigenvalue weighted by molar-refractivity contribution is 5.81. The summed E-state index contributed by atoms with van der Waals surface area (Å²) in [5.74, 6) is 0.216. The summed E-state index contributed by atoms with van der Waals surface area (Å²) in [4.78, 5) is 11.2. The molecule has 0 aliphatic carbocycles. The van der Waals surface area contributed by atoms with Crippen LogP contribution in [0.25, 0.3) is 0 Å². The van der Waals surface area contributed by atoms with Crippen molar-refractivity contribution >= 4 is 5.78 Å². The molecule has 0 fully saturated rings. The zero-order valence-corrected chi connectivity index (χ0v) is 7.92. The molecule has 0 saturated carbocycles. The van der Waals surface area contributed by atoms with E-state index in [4.69, 9.17) is 5.73 Å². The third kappa shape index (κ3) is 3.38. The number of rotatable bonds is 4. The number of hydrogen-bond acceptors (Lipinski definition) is 2. The van der Waals surface area contributed by atoms with Crippen molar-refractivity contribution in [1.82, 2.24) is 0 Å². The topological polar surface area (TPSA) is 43.1 Å². The molecule has 0 unspecified atom stereocenters. The summed E-state index contributed by atoms with van der Waals surface area (Å²) in [6, 6.07) is 8.01. The van der Waals surface area contributed by atoms with E-state index in [-0.39, 0.29) is 5.78 Å². The molecular weight excluding hydrogens is 162 g/mol. The molecule has 2 heteroatoms. The number of carbonyl (C=O) groups is 1. The van der Waals surface area contributed by atoms with Gasteiger partial charge in [0.15, 0.2) is 0 Å². The standard InChI is InChI=1S/C11H15NO/c1-9-3-2-4-10(7-9)8-11(13)5-6-12/h2-4,7H,5-6,8,12H2,1H3. The number of ketones is 1. The molecular formula is C11H15NO. The molecule has 0 atom stereocenters. The average molecular weight is 177 g/mol. The van der Waals surface area contributed by atoms with Gasteiger partial charge >= 0.3 is 0 Å². The van der Waals surface area contributed by atoms with Crippen molar-refractivity contribution in [3.05, 3.63) is 35.4 Å². The van der Waals surface area contributed by atoms with Crippen LogP contribution in [0.1, 0.15) is 17.5 Å². The monoisotopic (exact) mass is 177 g/mol. The fourth-order valence-corrected chi connectivity index (χ4v) is 1.30. The lowest BCUT2D eigenvalue weighted by Gasteiger charge is -2.00. The Bertz CT molecular complexity index is 294. The van der Waals surface area contributed by atoms with Crippen LogP contribution in [0.2, 0.25) is 0 Å². The first kappa shape index (κ1) is 9.93. The van der Waals surface area contributed by atoms with Crippen molar-refractivity contribution in [1.29, 1.82) is 0 Å². The van der Waals surface area contributed by atoms with Crippen molar-refractivity contribution < 1.29 is 4.79 Å².